The number of allylic oxidation sites excluding steroid dienone is 2. The van der Waals surface area contributed by atoms with E-state index in [1.165, 1.54) is 16.7 Å². The molecule has 0 saturated carbocycles. The molecule has 110 valence electrons. The van der Waals surface area contributed by atoms with Crippen LogP contribution in [0.25, 0.3) is 0 Å². The number of ketones is 1. The van der Waals surface area contributed by atoms with E-state index in [1.807, 2.05) is 6.92 Å². The summed E-state index contributed by atoms with van der Waals surface area (Å²) in [6, 6.07) is 4.47. The van der Waals surface area contributed by atoms with Crippen molar-refractivity contribution >= 4 is 11.5 Å². The van der Waals surface area contributed by atoms with Crippen molar-refractivity contribution in [3.8, 4) is 0 Å². The summed E-state index contributed by atoms with van der Waals surface area (Å²) in [5, 5.41) is 3.44. The summed E-state index contributed by atoms with van der Waals surface area (Å²) in [6.45, 7) is 14.5. The van der Waals surface area contributed by atoms with Gasteiger partial charge in [0.25, 0.3) is 0 Å². The Bertz CT molecular complexity index is 495. The van der Waals surface area contributed by atoms with Gasteiger partial charge in [-0.1, -0.05) is 45.4 Å². The number of hydrogen-bond donors (Lipinski definition) is 1. The molecule has 1 N–H and O–H groups in total. The van der Waals surface area contributed by atoms with E-state index in [0.29, 0.717) is 11.8 Å². The van der Waals surface area contributed by atoms with Gasteiger partial charge < -0.3 is 5.32 Å². The molecule has 1 aromatic rings. The average Bonchev–Trinajstić information content (AvgIpc) is 2.29. The summed E-state index contributed by atoms with van der Waals surface area (Å²) < 4.78 is 0. The molecular formula is C18H27NO. The zero-order chi connectivity index (χ0) is 15.4. The lowest BCUT2D eigenvalue weighted by Gasteiger charge is -2.22. The third-order valence-corrected chi connectivity index (χ3v) is 3.33. The number of carbonyl (C=O) groups excluding carboxylic acids is 1. The van der Waals surface area contributed by atoms with Gasteiger partial charge in [-0.25, -0.2) is 0 Å². The maximum Gasteiger partial charge on any atom is 0.154 e. The minimum absolute atomic E-state index is 0.0688. The van der Waals surface area contributed by atoms with Crippen LogP contribution >= 0.6 is 0 Å². The summed E-state index contributed by atoms with van der Waals surface area (Å²) in [6.07, 6.45) is 1.65. The molecule has 0 spiro atoms. The molecule has 0 aliphatic heterocycles. The molecule has 0 amide bonds. The monoisotopic (exact) mass is 273 g/mol. The predicted molar refractivity (Wildman–Crippen MR) is 87.4 cm³/mol. The Morgan fingerprint density at radius 3 is 1.85 bits per heavy atom. The molecule has 20 heavy (non-hydrogen) atoms. The van der Waals surface area contributed by atoms with Gasteiger partial charge in [-0.2, -0.15) is 0 Å². The van der Waals surface area contributed by atoms with E-state index >= 15 is 0 Å². The SMILES string of the molecule is CC(=O)/C=C(/C)Nc1c(C(C)C)cc(C)cc1C(C)C. The lowest BCUT2D eigenvalue weighted by molar-refractivity contribution is -0.112. The number of benzene rings is 1. The Kier molecular flexibility index (Phi) is 5.55. The van der Waals surface area contributed by atoms with Crippen molar-refractivity contribution in [2.45, 2.75) is 60.3 Å². The Morgan fingerprint density at radius 2 is 1.50 bits per heavy atom. The van der Waals surface area contributed by atoms with Crippen LogP contribution in [0.5, 0.6) is 0 Å². The molecule has 1 rings (SSSR count). The van der Waals surface area contributed by atoms with Gasteiger partial charge in [0, 0.05) is 11.4 Å². The van der Waals surface area contributed by atoms with Crippen LogP contribution in [0.2, 0.25) is 0 Å². The van der Waals surface area contributed by atoms with Gasteiger partial charge in [0.05, 0.1) is 0 Å². The topological polar surface area (TPSA) is 29.1 Å². The van der Waals surface area contributed by atoms with Crippen LogP contribution < -0.4 is 5.32 Å². The lowest BCUT2D eigenvalue weighted by Crippen LogP contribution is -2.07. The Hall–Kier alpha value is -1.57. The van der Waals surface area contributed by atoms with Crippen molar-refractivity contribution in [1.29, 1.82) is 0 Å². The number of carbonyl (C=O) groups is 1. The fourth-order valence-electron chi connectivity index (χ4n) is 2.44. The van der Waals surface area contributed by atoms with E-state index in [9.17, 15) is 4.79 Å². The quantitative estimate of drug-likeness (QED) is 0.752. The normalized spacial score (nSPS) is 12.2. The number of aryl methyl sites for hydroxylation is 1. The standard InChI is InChI=1S/C18H27NO/c1-11(2)16-8-13(5)9-17(12(3)4)18(16)19-14(6)10-15(7)20/h8-12,19H,1-7H3/b14-10-. The highest BCUT2D eigenvalue weighted by Gasteiger charge is 2.15. The smallest absolute Gasteiger partial charge is 0.154 e. The molecule has 0 heterocycles. The molecule has 0 aromatic heterocycles. The zero-order valence-electron chi connectivity index (χ0n) is 13.8. The van der Waals surface area contributed by atoms with Gasteiger partial charge in [-0.3, -0.25) is 4.79 Å². The molecule has 0 bridgehead atoms. The first-order valence-corrected chi connectivity index (χ1v) is 7.32. The minimum atomic E-state index is 0.0688. The molecule has 2 nitrogen and oxygen atoms in total. The first kappa shape index (κ1) is 16.5. The second kappa shape index (κ2) is 6.74. The van der Waals surface area contributed by atoms with Crippen molar-refractivity contribution in [3.05, 3.63) is 40.6 Å². The first-order chi connectivity index (χ1) is 9.22. The number of anilines is 1. The molecule has 0 saturated heterocycles. The lowest BCUT2D eigenvalue weighted by atomic mass is 9.90. The molecule has 0 radical (unpaired) electrons. The van der Waals surface area contributed by atoms with Crippen LogP contribution in [0.4, 0.5) is 5.69 Å². The van der Waals surface area contributed by atoms with Crippen LogP contribution in [0, 0.1) is 6.92 Å². The Morgan fingerprint density at radius 1 is 1.05 bits per heavy atom. The van der Waals surface area contributed by atoms with Crippen molar-refractivity contribution < 1.29 is 4.79 Å². The Balaban J connectivity index is 3.37. The molecule has 0 atom stereocenters. The summed E-state index contributed by atoms with van der Waals surface area (Å²) in [7, 11) is 0. The van der Waals surface area contributed by atoms with Crippen LogP contribution in [0.3, 0.4) is 0 Å². The van der Waals surface area contributed by atoms with Gasteiger partial charge in [0.15, 0.2) is 5.78 Å². The molecule has 2 heteroatoms. The van der Waals surface area contributed by atoms with Crippen molar-refractivity contribution in [2.75, 3.05) is 5.32 Å². The van der Waals surface area contributed by atoms with E-state index in [-0.39, 0.29) is 5.78 Å². The fourth-order valence-corrected chi connectivity index (χ4v) is 2.44. The van der Waals surface area contributed by atoms with Crippen LogP contribution in [0.1, 0.15) is 70.1 Å². The summed E-state index contributed by atoms with van der Waals surface area (Å²) in [5.41, 5.74) is 5.96. The fraction of sp³-hybridized carbons (Fsp3) is 0.500. The van der Waals surface area contributed by atoms with Crippen molar-refractivity contribution in [3.63, 3.8) is 0 Å². The van der Waals surface area contributed by atoms with Gasteiger partial charge in [-0.05, 0) is 49.8 Å². The maximum absolute atomic E-state index is 11.2. The van der Waals surface area contributed by atoms with Crippen molar-refractivity contribution in [2.24, 2.45) is 0 Å². The second-order valence-electron chi connectivity index (χ2n) is 6.19. The summed E-state index contributed by atoms with van der Waals surface area (Å²) >= 11 is 0. The summed E-state index contributed by atoms with van der Waals surface area (Å²) in [4.78, 5) is 11.2. The molecule has 1 aromatic carbocycles. The number of nitrogens with one attached hydrogen (secondary N) is 1. The van der Waals surface area contributed by atoms with Crippen LogP contribution in [-0.4, -0.2) is 5.78 Å². The highest BCUT2D eigenvalue weighted by molar-refractivity contribution is 5.88. The van der Waals surface area contributed by atoms with Gasteiger partial charge in [-0.15, -0.1) is 0 Å². The van der Waals surface area contributed by atoms with E-state index in [4.69, 9.17) is 0 Å². The zero-order valence-corrected chi connectivity index (χ0v) is 13.8. The van der Waals surface area contributed by atoms with Crippen molar-refractivity contribution in [1.82, 2.24) is 0 Å². The predicted octanol–water partition coefficient (Wildman–Crippen LogP) is 5.15. The van der Waals surface area contributed by atoms with E-state index in [1.54, 1.807) is 13.0 Å². The highest BCUT2D eigenvalue weighted by Crippen LogP contribution is 2.34. The summed E-state index contributed by atoms with van der Waals surface area (Å²) in [5.74, 6) is 0.958. The van der Waals surface area contributed by atoms with Crippen LogP contribution in [-0.2, 0) is 4.79 Å². The second-order valence-corrected chi connectivity index (χ2v) is 6.19. The van der Waals surface area contributed by atoms with E-state index < -0.39 is 0 Å². The largest absolute Gasteiger partial charge is 0.359 e. The molecular weight excluding hydrogens is 246 g/mol. The van der Waals surface area contributed by atoms with E-state index in [0.717, 1.165) is 11.4 Å². The number of rotatable bonds is 5. The van der Waals surface area contributed by atoms with Gasteiger partial charge in [0.1, 0.15) is 0 Å². The minimum Gasteiger partial charge on any atom is -0.359 e. The maximum atomic E-state index is 11.2. The molecule has 0 aliphatic carbocycles. The third kappa shape index (κ3) is 4.22. The van der Waals surface area contributed by atoms with Gasteiger partial charge >= 0.3 is 0 Å². The third-order valence-electron chi connectivity index (χ3n) is 3.33. The first-order valence-electron chi connectivity index (χ1n) is 7.32. The molecule has 0 unspecified atom stereocenters. The number of hydrogen-bond acceptors (Lipinski definition) is 2. The van der Waals surface area contributed by atoms with E-state index in [2.05, 4.69) is 52.1 Å². The van der Waals surface area contributed by atoms with Gasteiger partial charge in [0.2, 0.25) is 0 Å². The molecule has 0 aliphatic rings. The molecule has 0 fully saturated rings. The Labute approximate surface area is 123 Å². The highest BCUT2D eigenvalue weighted by atomic mass is 16.1. The average molecular weight is 273 g/mol. The van der Waals surface area contributed by atoms with Crippen LogP contribution in [0.15, 0.2) is 23.9 Å².